The molecule has 0 fully saturated rings. The monoisotopic (exact) mass is 291 g/mol. The Kier molecular flexibility index (Phi) is 4.37. The number of benzene rings is 1. The molecule has 20 heavy (non-hydrogen) atoms. The Bertz CT molecular complexity index is 636. The van der Waals surface area contributed by atoms with Crippen LogP contribution < -0.4 is 10.1 Å². The van der Waals surface area contributed by atoms with Gasteiger partial charge in [-0.05, 0) is 29.1 Å². The molecule has 2 aromatic rings. The Labute approximate surface area is 119 Å². The van der Waals surface area contributed by atoms with Gasteiger partial charge in [-0.1, -0.05) is 12.1 Å². The minimum absolute atomic E-state index is 0.0773. The molecule has 104 valence electrons. The van der Waals surface area contributed by atoms with Gasteiger partial charge < -0.3 is 15.2 Å². The number of carbonyl (C=O) groups excluding carboxylic acids is 1. The van der Waals surface area contributed by atoms with Gasteiger partial charge in [0.15, 0.2) is 0 Å². The summed E-state index contributed by atoms with van der Waals surface area (Å²) in [4.78, 5) is 23.2. The van der Waals surface area contributed by atoms with Crippen LogP contribution in [0.15, 0.2) is 35.7 Å². The van der Waals surface area contributed by atoms with Crippen LogP contribution in [-0.2, 0) is 11.2 Å². The summed E-state index contributed by atoms with van der Waals surface area (Å²) in [5.74, 6) is -0.660. The van der Waals surface area contributed by atoms with Gasteiger partial charge in [0, 0.05) is 5.69 Å². The predicted molar refractivity (Wildman–Crippen MR) is 76.6 cm³/mol. The lowest BCUT2D eigenvalue weighted by Gasteiger charge is -2.07. The second-order valence-electron chi connectivity index (χ2n) is 4.04. The Hall–Kier alpha value is -2.34. The average Bonchev–Trinajstić information content (AvgIpc) is 2.86. The van der Waals surface area contributed by atoms with E-state index in [1.807, 2.05) is 0 Å². The Morgan fingerprint density at radius 1 is 1.35 bits per heavy atom. The van der Waals surface area contributed by atoms with E-state index in [4.69, 9.17) is 9.84 Å². The summed E-state index contributed by atoms with van der Waals surface area (Å²) in [7, 11) is 1.51. The van der Waals surface area contributed by atoms with Gasteiger partial charge in [0.25, 0.3) is 5.91 Å². The number of carbonyl (C=O) groups is 2. The number of amides is 1. The van der Waals surface area contributed by atoms with E-state index in [1.54, 1.807) is 35.7 Å². The van der Waals surface area contributed by atoms with Gasteiger partial charge in [-0.15, -0.1) is 11.3 Å². The average molecular weight is 291 g/mol. The van der Waals surface area contributed by atoms with Gasteiger partial charge in [0.2, 0.25) is 0 Å². The van der Waals surface area contributed by atoms with Crippen LogP contribution in [0.25, 0.3) is 0 Å². The molecule has 0 unspecified atom stereocenters. The third-order valence-corrected chi connectivity index (χ3v) is 3.49. The van der Waals surface area contributed by atoms with Crippen molar-refractivity contribution >= 4 is 28.9 Å². The maximum atomic E-state index is 12.1. The van der Waals surface area contributed by atoms with Crippen molar-refractivity contribution in [2.75, 3.05) is 12.4 Å². The highest BCUT2D eigenvalue weighted by Gasteiger charge is 2.14. The van der Waals surface area contributed by atoms with E-state index in [1.165, 1.54) is 18.4 Å². The molecule has 1 aromatic heterocycles. The van der Waals surface area contributed by atoms with Crippen LogP contribution in [0.4, 0.5) is 5.69 Å². The van der Waals surface area contributed by atoms with Crippen molar-refractivity contribution in [1.82, 2.24) is 0 Å². The summed E-state index contributed by atoms with van der Waals surface area (Å²) >= 11 is 1.29. The highest BCUT2D eigenvalue weighted by Crippen LogP contribution is 2.25. The number of hydrogen-bond acceptors (Lipinski definition) is 4. The quantitative estimate of drug-likeness (QED) is 0.888. The maximum Gasteiger partial charge on any atom is 0.307 e. The number of nitrogens with one attached hydrogen (secondary N) is 1. The zero-order chi connectivity index (χ0) is 14.5. The number of aliphatic carboxylic acids is 1. The zero-order valence-corrected chi connectivity index (χ0v) is 11.6. The van der Waals surface area contributed by atoms with Crippen LogP contribution in [0.1, 0.15) is 15.2 Å². The van der Waals surface area contributed by atoms with Crippen molar-refractivity contribution in [3.63, 3.8) is 0 Å². The minimum Gasteiger partial charge on any atom is -0.495 e. The molecular formula is C14H13NO4S. The Morgan fingerprint density at radius 3 is 2.85 bits per heavy atom. The van der Waals surface area contributed by atoms with Gasteiger partial charge >= 0.3 is 5.97 Å². The molecule has 1 heterocycles. The molecule has 0 radical (unpaired) electrons. The van der Waals surface area contributed by atoms with Gasteiger partial charge in [-0.2, -0.15) is 0 Å². The molecule has 2 N–H and O–H groups in total. The second-order valence-corrected chi connectivity index (χ2v) is 4.96. The van der Waals surface area contributed by atoms with Crippen molar-refractivity contribution in [3.05, 3.63) is 46.2 Å². The van der Waals surface area contributed by atoms with Crippen LogP contribution in [0.5, 0.6) is 5.75 Å². The Morgan fingerprint density at radius 2 is 2.15 bits per heavy atom. The smallest absolute Gasteiger partial charge is 0.307 e. The standard InChI is InChI=1S/C14H13NO4S/c1-19-11-5-6-20-13(11)14(18)15-10-4-2-3-9(7-10)8-12(16)17/h2-7H,8H2,1H3,(H,15,18)(H,16,17). The van der Waals surface area contributed by atoms with Crippen LogP contribution in [0, 0.1) is 0 Å². The van der Waals surface area contributed by atoms with Gasteiger partial charge in [-0.25, -0.2) is 0 Å². The molecule has 2 rings (SSSR count). The van der Waals surface area contributed by atoms with Gasteiger partial charge in [-0.3, -0.25) is 9.59 Å². The van der Waals surface area contributed by atoms with Crippen molar-refractivity contribution in [2.24, 2.45) is 0 Å². The second kappa shape index (κ2) is 6.21. The topological polar surface area (TPSA) is 75.6 Å². The molecule has 0 spiro atoms. The van der Waals surface area contributed by atoms with Crippen LogP contribution in [0.3, 0.4) is 0 Å². The fourth-order valence-corrected chi connectivity index (χ4v) is 2.50. The molecule has 0 bridgehead atoms. The maximum absolute atomic E-state index is 12.1. The lowest BCUT2D eigenvalue weighted by molar-refractivity contribution is -0.136. The molecule has 0 aliphatic rings. The zero-order valence-electron chi connectivity index (χ0n) is 10.8. The van der Waals surface area contributed by atoms with E-state index in [0.717, 1.165) is 0 Å². The van der Waals surface area contributed by atoms with Crippen LogP contribution >= 0.6 is 11.3 Å². The molecule has 0 aliphatic carbocycles. The van der Waals surface area contributed by atoms with E-state index in [-0.39, 0.29) is 12.3 Å². The predicted octanol–water partition coefficient (Wildman–Crippen LogP) is 2.64. The normalized spacial score (nSPS) is 10.1. The molecular weight excluding hydrogens is 278 g/mol. The van der Waals surface area contributed by atoms with Crippen molar-refractivity contribution in [2.45, 2.75) is 6.42 Å². The number of rotatable bonds is 5. The van der Waals surface area contributed by atoms with Gasteiger partial charge in [0.1, 0.15) is 10.6 Å². The summed E-state index contributed by atoms with van der Waals surface area (Å²) in [5, 5.41) is 13.3. The number of carboxylic acid groups (broad SMARTS) is 1. The first-order valence-corrected chi connectivity index (χ1v) is 6.71. The van der Waals surface area contributed by atoms with E-state index in [0.29, 0.717) is 21.9 Å². The first-order chi connectivity index (χ1) is 9.60. The molecule has 0 aliphatic heterocycles. The van der Waals surface area contributed by atoms with Gasteiger partial charge in [0.05, 0.1) is 13.5 Å². The third kappa shape index (κ3) is 3.36. The molecule has 6 heteroatoms. The lowest BCUT2D eigenvalue weighted by Crippen LogP contribution is -2.11. The lowest BCUT2D eigenvalue weighted by atomic mass is 10.1. The van der Waals surface area contributed by atoms with E-state index in [9.17, 15) is 9.59 Å². The summed E-state index contributed by atoms with van der Waals surface area (Å²) in [5.41, 5.74) is 1.19. The molecule has 0 saturated carbocycles. The number of ether oxygens (including phenoxy) is 1. The SMILES string of the molecule is COc1ccsc1C(=O)Nc1cccc(CC(=O)O)c1. The summed E-state index contributed by atoms with van der Waals surface area (Å²) in [6.07, 6.45) is -0.0773. The van der Waals surface area contributed by atoms with Crippen LogP contribution in [0.2, 0.25) is 0 Å². The largest absolute Gasteiger partial charge is 0.495 e. The molecule has 1 aromatic carbocycles. The third-order valence-electron chi connectivity index (χ3n) is 2.60. The summed E-state index contributed by atoms with van der Waals surface area (Å²) < 4.78 is 5.09. The van der Waals surface area contributed by atoms with Crippen molar-refractivity contribution in [1.29, 1.82) is 0 Å². The Balaban J connectivity index is 2.13. The number of carboxylic acids is 1. The van der Waals surface area contributed by atoms with E-state index < -0.39 is 5.97 Å². The number of hydrogen-bond donors (Lipinski definition) is 2. The summed E-state index contributed by atoms with van der Waals surface area (Å²) in [6, 6.07) is 8.49. The van der Waals surface area contributed by atoms with Crippen LogP contribution in [-0.4, -0.2) is 24.1 Å². The van der Waals surface area contributed by atoms with Crippen molar-refractivity contribution in [3.8, 4) is 5.75 Å². The summed E-state index contributed by atoms with van der Waals surface area (Å²) in [6.45, 7) is 0. The fraction of sp³-hybridized carbons (Fsp3) is 0.143. The van der Waals surface area contributed by atoms with E-state index in [2.05, 4.69) is 5.32 Å². The van der Waals surface area contributed by atoms with Crippen molar-refractivity contribution < 1.29 is 19.4 Å². The molecule has 5 nitrogen and oxygen atoms in total. The number of thiophene rings is 1. The molecule has 0 atom stereocenters. The number of methoxy groups -OCH3 is 1. The van der Waals surface area contributed by atoms with E-state index >= 15 is 0 Å². The minimum atomic E-state index is -0.909. The molecule has 1 amide bonds. The fourth-order valence-electron chi connectivity index (χ4n) is 1.75. The number of anilines is 1. The molecule has 0 saturated heterocycles. The first-order valence-electron chi connectivity index (χ1n) is 5.83. The first kappa shape index (κ1) is 14.1. The highest BCUT2D eigenvalue weighted by atomic mass is 32.1. The highest BCUT2D eigenvalue weighted by molar-refractivity contribution is 7.12.